The fourth-order valence-electron chi connectivity index (χ4n) is 3.69. The zero-order valence-corrected chi connectivity index (χ0v) is 11.9. The van der Waals surface area contributed by atoms with Crippen LogP contribution in [0.15, 0.2) is 0 Å². The van der Waals surface area contributed by atoms with E-state index in [0.29, 0.717) is 12.1 Å². The molecule has 2 aliphatic carbocycles. The van der Waals surface area contributed by atoms with Crippen molar-refractivity contribution in [2.45, 2.75) is 76.4 Å². The molecule has 3 aliphatic rings. The molecule has 0 aromatic heterocycles. The predicted octanol–water partition coefficient (Wildman–Crippen LogP) is 3.03. The van der Waals surface area contributed by atoms with E-state index in [-0.39, 0.29) is 5.91 Å². The van der Waals surface area contributed by atoms with Gasteiger partial charge in [-0.25, -0.2) is 0 Å². The number of rotatable bonds is 5. The zero-order valence-electron chi connectivity index (χ0n) is 11.9. The van der Waals surface area contributed by atoms with Crippen molar-refractivity contribution < 1.29 is 9.53 Å². The molecule has 1 aliphatic heterocycles. The molecule has 19 heavy (non-hydrogen) atoms. The summed E-state index contributed by atoms with van der Waals surface area (Å²) in [4.78, 5) is 12.0. The van der Waals surface area contributed by atoms with Gasteiger partial charge in [-0.15, -0.1) is 0 Å². The summed E-state index contributed by atoms with van der Waals surface area (Å²) < 4.78 is 5.80. The van der Waals surface area contributed by atoms with Crippen molar-refractivity contribution in [1.82, 2.24) is 5.32 Å². The number of nitrogens with one attached hydrogen (secondary N) is 1. The van der Waals surface area contributed by atoms with Crippen molar-refractivity contribution in [3.63, 3.8) is 0 Å². The van der Waals surface area contributed by atoms with Gasteiger partial charge < -0.3 is 10.1 Å². The Morgan fingerprint density at radius 2 is 1.89 bits per heavy atom. The molecule has 3 nitrogen and oxygen atoms in total. The number of carbonyl (C=O) groups excluding carboxylic acids is 1. The summed E-state index contributed by atoms with van der Waals surface area (Å²) in [6, 6.07) is 0.371. The lowest BCUT2D eigenvalue weighted by molar-refractivity contribution is -0.123. The molecule has 0 radical (unpaired) electrons. The van der Waals surface area contributed by atoms with E-state index in [2.05, 4.69) is 5.32 Å². The van der Waals surface area contributed by atoms with E-state index in [9.17, 15) is 4.79 Å². The Labute approximate surface area is 116 Å². The maximum atomic E-state index is 12.0. The van der Waals surface area contributed by atoms with E-state index in [1.54, 1.807) is 0 Å². The zero-order chi connectivity index (χ0) is 13.1. The van der Waals surface area contributed by atoms with Crippen molar-refractivity contribution in [1.29, 1.82) is 0 Å². The molecule has 0 unspecified atom stereocenters. The Morgan fingerprint density at radius 3 is 2.63 bits per heavy atom. The molecular weight excluding hydrogens is 238 g/mol. The highest BCUT2D eigenvalue weighted by molar-refractivity contribution is 5.76. The van der Waals surface area contributed by atoms with E-state index >= 15 is 0 Å². The quantitative estimate of drug-likeness (QED) is 0.829. The van der Waals surface area contributed by atoms with Crippen LogP contribution in [0, 0.1) is 11.8 Å². The maximum Gasteiger partial charge on any atom is 0.220 e. The monoisotopic (exact) mass is 265 g/mol. The Morgan fingerprint density at radius 1 is 1.11 bits per heavy atom. The molecule has 3 fully saturated rings. The van der Waals surface area contributed by atoms with Crippen LogP contribution in [0.5, 0.6) is 0 Å². The average molecular weight is 265 g/mol. The fourth-order valence-corrected chi connectivity index (χ4v) is 3.69. The van der Waals surface area contributed by atoms with Crippen LogP contribution >= 0.6 is 0 Å². The molecule has 1 heterocycles. The topological polar surface area (TPSA) is 38.3 Å². The third-order valence-corrected chi connectivity index (χ3v) is 5.08. The van der Waals surface area contributed by atoms with Crippen molar-refractivity contribution >= 4 is 5.91 Å². The second-order valence-electron chi connectivity index (χ2n) is 6.72. The summed E-state index contributed by atoms with van der Waals surface area (Å²) in [5.74, 6) is 1.88. The highest BCUT2D eigenvalue weighted by Crippen LogP contribution is 2.38. The summed E-state index contributed by atoms with van der Waals surface area (Å²) in [5, 5.41) is 3.24. The van der Waals surface area contributed by atoms with Gasteiger partial charge in [-0.1, -0.05) is 25.7 Å². The first kappa shape index (κ1) is 13.4. The highest BCUT2D eigenvalue weighted by Gasteiger charge is 2.36. The van der Waals surface area contributed by atoms with E-state index in [1.165, 1.54) is 38.5 Å². The molecule has 3 rings (SSSR count). The largest absolute Gasteiger partial charge is 0.378 e. The van der Waals surface area contributed by atoms with Crippen LogP contribution in [-0.2, 0) is 9.53 Å². The lowest BCUT2D eigenvalue weighted by Gasteiger charge is -2.30. The van der Waals surface area contributed by atoms with Gasteiger partial charge in [0, 0.05) is 19.1 Å². The first-order chi connectivity index (χ1) is 9.31. The molecule has 1 N–H and O–H groups in total. The van der Waals surface area contributed by atoms with Gasteiger partial charge in [-0.05, 0) is 43.9 Å². The van der Waals surface area contributed by atoms with Gasteiger partial charge in [-0.3, -0.25) is 4.79 Å². The molecule has 0 aromatic rings. The number of carbonyl (C=O) groups is 1. The summed E-state index contributed by atoms with van der Waals surface area (Å²) >= 11 is 0. The minimum Gasteiger partial charge on any atom is -0.378 e. The highest BCUT2D eigenvalue weighted by atomic mass is 16.5. The second-order valence-corrected chi connectivity index (χ2v) is 6.72. The standard InChI is InChI=1S/C16H27NO2/c18-16(8-5-12-3-1-2-4-12)17-14-9-10-19-15(11-14)13-6-7-13/h12-15H,1-11H2,(H,17,18)/t14-,15-/m1/s1. The van der Waals surface area contributed by atoms with Crippen LogP contribution in [0.3, 0.4) is 0 Å². The van der Waals surface area contributed by atoms with E-state index < -0.39 is 0 Å². The summed E-state index contributed by atoms with van der Waals surface area (Å²) in [6.07, 6.45) is 12.4. The molecule has 2 atom stereocenters. The molecule has 0 spiro atoms. The summed E-state index contributed by atoms with van der Waals surface area (Å²) in [7, 11) is 0. The third kappa shape index (κ3) is 3.95. The van der Waals surface area contributed by atoms with Gasteiger partial charge in [0.15, 0.2) is 0 Å². The Balaban J connectivity index is 1.36. The Hall–Kier alpha value is -0.570. The number of amides is 1. The van der Waals surface area contributed by atoms with Gasteiger partial charge in [0.2, 0.25) is 5.91 Å². The lowest BCUT2D eigenvalue weighted by Crippen LogP contribution is -2.42. The van der Waals surface area contributed by atoms with E-state index in [4.69, 9.17) is 4.74 Å². The Bertz CT molecular complexity index is 308. The molecule has 0 aromatic carbocycles. The second kappa shape index (κ2) is 6.25. The van der Waals surface area contributed by atoms with Crippen molar-refractivity contribution in [3.8, 4) is 0 Å². The normalized spacial score (nSPS) is 32.4. The first-order valence-corrected chi connectivity index (χ1v) is 8.22. The summed E-state index contributed by atoms with van der Waals surface area (Å²) in [6.45, 7) is 0.828. The molecule has 108 valence electrons. The van der Waals surface area contributed by atoms with Crippen molar-refractivity contribution in [2.75, 3.05) is 6.61 Å². The Kier molecular flexibility index (Phi) is 4.42. The van der Waals surface area contributed by atoms with Crippen molar-refractivity contribution in [2.24, 2.45) is 11.8 Å². The van der Waals surface area contributed by atoms with Crippen LogP contribution in [0.2, 0.25) is 0 Å². The van der Waals surface area contributed by atoms with Gasteiger partial charge in [0.25, 0.3) is 0 Å². The van der Waals surface area contributed by atoms with Gasteiger partial charge in [-0.2, -0.15) is 0 Å². The minimum atomic E-state index is 0.272. The van der Waals surface area contributed by atoms with Gasteiger partial charge in [0.1, 0.15) is 0 Å². The van der Waals surface area contributed by atoms with E-state index in [1.807, 2.05) is 0 Å². The van der Waals surface area contributed by atoms with E-state index in [0.717, 1.165) is 44.1 Å². The van der Waals surface area contributed by atoms with Crippen LogP contribution in [0.25, 0.3) is 0 Å². The molecule has 3 heteroatoms. The molecule has 1 saturated heterocycles. The van der Waals surface area contributed by atoms with Crippen LogP contribution in [0.4, 0.5) is 0 Å². The maximum absolute atomic E-state index is 12.0. The molecule has 2 saturated carbocycles. The van der Waals surface area contributed by atoms with Gasteiger partial charge in [0.05, 0.1) is 6.10 Å². The number of hydrogen-bond donors (Lipinski definition) is 1. The average Bonchev–Trinajstić information content (AvgIpc) is 3.14. The van der Waals surface area contributed by atoms with Crippen LogP contribution in [-0.4, -0.2) is 24.7 Å². The van der Waals surface area contributed by atoms with Gasteiger partial charge >= 0.3 is 0 Å². The number of hydrogen-bond acceptors (Lipinski definition) is 2. The molecular formula is C16H27NO2. The van der Waals surface area contributed by atoms with Crippen molar-refractivity contribution in [3.05, 3.63) is 0 Å². The first-order valence-electron chi connectivity index (χ1n) is 8.22. The summed E-state index contributed by atoms with van der Waals surface area (Å²) in [5.41, 5.74) is 0. The van der Waals surface area contributed by atoms with Crippen LogP contribution < -0.4 is 5.32 Å². The number of ether oxygens (including phenoxy) is 1. The lowest BCUT2D eigenvalue weighted by atomic mass is 9.98. The predicted molar refractivity (Wildman–Crippen MR) is 74.8 cm³/mol. The fraction of sp³-hybridized carbons (Fsp3) is 0.938. The smallest absolute Gasteiger partial charge is 0.220 e. The molecule has 1 amide bonds. The SMILES string of the molecule is O=C(CCC1CCCC1)N[C@@H]1CCO[C@@H](C2CC2)C1. The third-order valence-electron chi connectivity index (χ3n) is 5.08. The van der Waals surface area contributed by atoms with Crippen LogP contribution in [0.1, 0.15) is 64.2 Å². The minimum absolute atomic E-state index is 0.272. The molecule has 0 bridgehead atoms.